The second kappa shape index (κ2) is 5.04. The average Bonchev–Trinajstić information content (AvgIpc) is 2.47. The fourth-order valence-electron chi connectivity index (χ4n) is 2.62. The summed E-state index contributed by atoms with van der Waals surface area (Å²) in [7, 11) is 0. The highest BCUT2D eigenvalue weighted by molar-refractivity contribution is 5.79. The molecule has 2 unspecified atom stereocenters. The van der Waals surface area contributed by atoms with Gasteiger partial charge in [-0.2, -0.15) is 0 Å². The Bertz CT molecular complexity index is 535. The summed E-state index contributed by atoms with van der Waals surface area (Å²) in [5.41, 5.74) is 8.57. The van der Waals surface area contributed by atoms with E-state index in [1.165, 1.54) is 5.56 Å². The van der Waals surface area contributed by atoms with Gasteiger partial charge in [0, 0.05) is 30.1 Å². The molecule has 0 radical (unpaired) electrons. The fraction of sp³-hybridized carbons (Fsp3) is 0.400. The van der Waals surface area contributed by atoms with Crippen LogP contribution in [-0.2, 0) is 4.74 Å². The van der Waals surface area contributed by atoms with E-state index in [1.54, 1.807) is 0 Å². The minimum atomic E-state index is 0.0647. The number of ether oxygens (including phenoxy) is 1. The minimum Gasteiger partial charge on any atom is -0.381 e. The van der Waals surface area contributed by atoms with Gasteiger partial charge in [-0.05, 0) is 36.6 Å². The van der Waals surface area contributed by atoms with Gasteiger partial charge < -0.3 is 10.5 Å². The summed E-state index contributed by atoms with van der Waals surface area (Å²) in [6.45, 7) is 1.66. The largest absolute Gasteiger partial charge is 0.381 e. The Balaban J connectivity index is 1.88. The monoisotopic (exact) mass is 242 g/mol. The third-order valence-corrected chi connectivity index (χ3v) is 3.72. The normalized spacial score (nSPS) is 21.9. The molecule has 1 aliphatic rings. The average molecular weight is 242 g/mol. The molecule has 2 N–H and O–H groups in total. The lowest BCUT2D eigenvalue weighted by atomic mass is 9.89. The minimum absolute atomic E-state index is 0.0647. The number of pyridine rings is 1. The smallest absolute Gasteiger partial charge is 0.0702 e. The van der Waals surface area contributed by atoms with E-state index in [0.29, 0.717) is 5.92 Å². The fourth-order valence-corrected chi connectivity index (χ4v) is 2.62. The Morgan fingerprint density at radius 2 is 2.28 bits per heavy atom. The topological polar surface area (TPSA) is 48.1 Å². The van der Waals surface area contributed by atoms with Crippen LogP contribution in [0, 0.1) is 5.92 Å². The number of nitrogens with two attached hydrogens (primary N) is 1. The molecule has 1 aromatic heterocycles. The van der Waals surface area contributed by atoms with Gasteiger partial charge in [-0.3, -0.25) is 4.98 Å². The maximum atomic E-state index is 6.36. The molecule has 3 nitrogen and oxygen atoms in total. The lowest BCUT2D eigenvalue weighted by Crippen LogP contribution is -2.28. The molecule has 3 heteroatoms. The summed E-state index contributed by atoms with van der Waals surface area (Å²) >= 11 is 0. The van der Waals surface area contributed by atoms with Gasteiger partial charge >= 0.3 is 0 Å². The van der Waals surface area contributed by atoms with E-state index >= 15 is 0 Å². The molecule has 2 aromatic rings. The lowest BCUT2D eigenvalue weighted by Gasteiger charge is -2.27. The first-order valence-corrected chi connectivity index (χ1v) is 6.52. The standard InChI is InChI=1S/C15H18N2O/c16-15(13-4-2-8-18-10-13)12-5-6-14-11(9-12)3-1-7-17-14/h1,3,5-7,9,13,15H,2,4,8,10,16H2. The van der Waals surface area contributed by atoms with Crippen LogP contribution in [0.15, 0.2) is 36.5 Å². The summed E-state index contributed by atoms with van der Waals surface area (Å²) in [4.78, 5) is 4.33. The Hall–Kier alpha value is -1.45. The zero-order valence-electron chi connectivity index (χ0n) is 10.4. The summed E-state index contributed by atoms with van der Waals surface area (Å²) in [6.07, 6.45) is 4.09. The van der Waals surface area contributed by atoms with Crippen molar-refractivity contribution in [3.63, 3.8) is 0 Å². The third kappa shape index (κ3) is 2.24. The molecule has 1 aliphatic heterocycles. The molecule has 0 bridgehead atoms. The number of nitrogens with zero attached hydrogens (tertiary/aromatic N) is 1. The maximum absolute atomic E-state index is 6.36. The Morgan fingerprint density at radius 3 is 3.11 bits per heavy atom. The van der Waals surface area contributed by atoms with Gasteiger partial charge in [-0.15, -0.1) is 0 Å². The Morgan fingerprint density at radius 1 is 1.33 bits per heavy atom. The molecule has 3 rings (SSSR count). The molecule has 0 amide bonds. The molecule has 94 valence electrons. The van der Waals surface area contributed by atoms with Gasteiger partial charge in [0.05, 0.1) is 12.1 Å². The zero-order valence-corrected chi connectivity index (χ0v) is 10.4. The number of hydrogen-bond acceptors (Lipinski definition) is 3. The lowest BCUT2D eigenvalue weighted by molar-refractivity contribution is 0.0448. The number of hydrogen-bond donors (Lipinski definition) is 1. The van der Waals surface area contributed by atoms with E-state index in [-0.39, 0.29) is 6.04 Å². The Labute approximate surface area is 107 Å². The van der Waals surface area contributed by atoms with Crippen LogP contribution in [0.3, 0.4) is 0 Å². The van der Waals surface area contributed by atoms with Crippen molar-refractivity contribution in [2.75, 3.05) is 13.2 Å². The quantitative estimate of drug-likeness (QED) is 0.880. The zero-order chi connectivity index (χ0) is 12.4. The SMILES string of the molecule is NC(c1ccc2ncccc2c1)C1CCCOC1. The van der Waals surface area contributed by atoms with Crippen molar-refractivity contribution in [1.82, 2.24) is 4.98 Å². The summed E-state index contributed by atoms with van der Waals surface area (Å²) in [5.74, 6) is 0.438. The van der Waals surface area contributed by atoms with Crippen LogP contribution in [0.4, 0.5) is 0 Å². The molecular weight excluding hydrogens is 224 g/mol. The van der Waals surface area contributed by atoms with E-state index < -0.39 is 0 Å². The highest BCUT2D eigenvalue weighted by Crippen LogP contribution is 2.28. The molecule has 0 aliphatic carbocycles. The van der Waals surface area contributed by atoms with Gasteiger partial charge in [-0.1, -0.05) is 12.1 Å². The van der Waals surface area contributed by atoms with Crippen molar-refractivity contribution >= 4 is 10.9 Å². The first-order chi connectivity index (χ1) is 8.84. The van der Waals surface area contributed by atoms with Crippen molar-refractivity contribution < 1.29 is 4.74 Å². The van der Waals surface area contributed by atoms with Gasteiger partial charge in [-0.25, -0.2) is 0 Å². The van der Waals surface area contributed by atoms with Gasteiger partial charge in [0.15, 0.2) is 0 Å². The molecule has 1 saturated heterocycles. The van der Waals surface area contributed by atoms with Crippen LogP contribution in [0.25, 0.3) is 10.9 Å². The van der Waals surface area contributed by atoms with Crippen molar-refractivity contribution in [3.8, 4) is 0 Å². The molecule has 1 aromatic carbocycles. The van der Waals surface area contributed by atoms with Crippen LogP contribution in [-0.4, -0.2) is 18.2 Å². The van der Waals surface area contributed by atoms with E-state index in [2.05, 4.69) is 23.2 Å². The first kappa shape index (κ1) is 11.6. The second-order valence-electron chi connectivity index (χ2n) is 4.96. The predicted octanol–water partition coefficient (Wildman–Crippen LogP) is 2.66. The first-order valence-electron chi connectivity index (χ1n) is 6.52. The molecule has 2 atom stereocenters. The highest BCUT2D eigenvalue weighted by atomic mass is 16.5. The summed E-state index contributed by atoms with van der Waals surface area (Å²) < 4.78 is 5.52. The number of rotatable bonds is 2. The van der Waals surface area contributed by atoms with Crippen LogP contribution in [0.2, 0.25) is 0 Å². The Kier molecular flexibility index (Phi) is 3.26. The second-order valence-corrected chi connectivity index (χ2v) is 4.96. The van der Waals surface area contributed by atoms with E-state index in [4.69, 9.17) is 10.5 Å². The van der Waals surface area contributed by atoms with Crippen molar-refractivity contribution in [3.05, 3.63) is 42.1 Å². The molecular formula is C15H18N2O. The molecule has 18 heavy (non-hydrogen) atoms. The van der Waals surface area contributed by atoms with E-state index in [1.807, 2.05) is 18.3 Å². The maximum Gasteiger partial charge on any atom is 0.0702 e. The van der Waals surface area contributed by atoms with Crippen LogP contribution >= 0.6 is 0 Å². The molecule has 0 saturated carbocycles. The molecule has 1 fully saturated rings. The number of fused-ring (bicyclic) bond motifs is 1. The van der Waals surface area contributed by atoms with E-state index in [9.17, 15) is 0 Å². The van der Waals surface area contributed by atoms with Crippen molar-refractivity contribution in [1.29, 1.82) is 0 Å². The van der Waals surface area contributed by atoms with Crippen LogP contribution in [0.1, 0.15) is 24.4 Å². The van der Waals surface area contributed by atoms with Crippen LogP contribution < -0.4 is 5.73 Å². The predicted molar refractivity (Wildman–Crippen MR) is 72.2 cm³/mol. The van der Waals surface area contributed by atoms with E-state index in [0.717, 1.165) is 37.0 Å². The van der Waals surface area contributed by atoms with Gasteiger partial charge in [0.1, 0.15) is 0 Å². The van der Waals surface area contributed by atoms with Crippen LogP contribution in [0.5, 0.6) is 0 Å². The summed E-state index contributed by atoms with van der Waals surface area (Å²) in [6, 6.07) is 10.4. The number of benzene rings is 1. The summed E-state index contributed by atoms with van der Waals surface area (Å²) in [5, 5.41) is 1.15. The third-order valence-electron chi connectivity index (χ3n) is 3.72. The van der Waals surface area contributed by atoms with Crippen molar-refractivity contribution in [2.45, 2.75) is 18.9 Å². The van der Waals surface area contributed by atoms with Gasteiger partial charge in [0.25, 0.3) is 0 Å². The molecule has 0 spiro atoms. The van der Waals surface area contributed by atoms with Gasteiger partial charge in [0.2, 0.25) is 0 Å². The van der Waals surface area contributed by atoms with Crippen molar-refractivity contribution in [2.24, 2.45) is 11.7 Å². The number of aromatic nitrogens is 1. The highest BCUT2D eigenvalue weighted by Gasteiger charge is 2.22. The molecule has 2 heterocycles.